The van der Waals surface area contributed by atoms with E-state index in [9.17, 15) is 21.6 Å². The number of sulfonamides is 1. The third-order valence-electron chi connectivity index (χ3n) is 3.35. The van der Waals surface area contributed by atoms with Crippen molar-refractivity contribution in [2.24, 2.45) is 5.92 Å². The van der Waals surface area contributed by atoms with Gasteiger partial charge in [-0.3, -0.25) is 4.79 Å². The fraction of sp³-hybridized carbons (Fsp3) is 0.909. The molecule has 0 bridgehead atoms. The molecule has 0 radical (unpaired) electrons. The molecular weight excluding hydrogens is 306 g/mol. The molecule has 0 spiro atoms. The van der Waals surface area contributed by atoms with Crippen molar-refractivity contribution >= 4 is 25.8 Å². The number of hydrogen-bond acceptors (Lipinski definition) is 6. The number of esters is 1. The second kappa shape index (κ2) is 6.86. The van der Waals surface area contributed by atoms with E-state index in [1.165, 1.54) is 7.11 Å². The summed E-state index contributed by atoms with van der Waals surface area (Å²) in [6, 6.07) is 0. The highest BCUT2D eigenvalue weighted by Crippen LogP contribution is 2.31. The van der Waals surface area contributed by atoms with Crippen LogP contribution in [-0.2, 0) is 29.4 Å². The Kier molecular flexibility index (Phi) is 5.96. The van der Waals surface area contributed by atoms with Crippen molar-refractivity contribution in [1.29, 1.82) is 0 Å². The summed E-state index contributed by atoms with van der Waals surface area (Å²) in [4.78, 5) is 11.5. The zero-order valence-electron chi connectivity index (χ0n) is 11.7. The summed E-state index contributed by atoms with van der Waals surface area (Å²) >= 11 is 0. The smallest absolute Gasteiger partial charge is 0.310 e. The fourth-order valence-electron chi connectivity index (χ4n) is 2.37. The molecule has 0 saturated heterocycles. The van der Waals surface area contributed by atoms with E-state index >= 15 is 0 Å². The van der Waals surface area contributed by atoms with Gasteiger partial charge in [-0.15, -0.1) is 0 Å². The average molecular weight is 327 g/mol. The Balaban J connectivity index is 2.57. The minimum atomic E-state index is -3.63. The molecule has 0 amide bonds. The molecule has 1 aliphatic rings. The van der Waals surface area contributed by atoms with Crippen molar-refractivity contribution in [3.8, 4) is 0 Å². The van der Waals surface area contributed by atoms with Crippen LogP contribution < -0.4 is 4.72 Å². The largest absolute Gasteiger partial charge is 0.469 e. The van der Waals surface area contributed by atoms with Gasteiger partial charge in [-0.25, -0.2) is 21.6 Å². The quantitative estimate of drug-likeness (QED) is 0.507. The lowest BCUT2D eigenvalue weighted by Crippen LogP contribution is -2.40. The second-order valence-electron chi connectivity index (χ2n) is 5.02. The number of hydrogen-bond donors (Lipinski definition) is 1. The SMILES string of the molecule is COC(=O)C1CCCC1S(=O)(=O)NCCCS(C)(=O)=O. The van der Waals surface area contributed by atoms with Gasteiger partial charge in [-0.2, -0.15) is 0 Å². The van der Waals surface area contributed by atoms with Crippen LogP contribution in [0.1, 0.15) is 25.7 Å². The molecule has 0 aliphatic heterocycles. The van der Waals surface area contributed by atoms with Crippen LogP contribution in [0, 0.1) is 5.92 Å². The third-order valence-corrected chi connectivity index (χ3v) is 6.35. The highest BCUT2D eigenvalue weighted by molar-refractivity contribution is 7.90. The Morgan fingerprint density at radius 3 is 2.45 bits per heavy atom. The monoisotopic (exact) mass is 327 g/mol. The van der Waals surface area contributed by atoms with Gasteiger partial charge >= 0.3 is 5.97 Å². The van der Waals surface area contributed by atoms with Crippen molar-refractivity contribution in [2.45, 2.75) is 30.9 Å². The molecule has 1 N–H and O–H groups in total. The summed E-state index contributed by atoms with van der Waals surface area (Å²) in [7, 11) is -5.49. The lowest BCUT2D eigenvalue weighted by molar-refractivity contribution is -0.145. The number of nitrogens with one attached hydrogen (secondary N) is 1. The van der Waals surface area contributed by atoms with Crippen LogP contribution in [0.25, 0.3) is 0 Å². The molecule has 0 heterocycles. The Morgan fingerprint density at radius 1 is 1.25 bits per heavy atom. The predicted molar refractivity (Wildman–Crippen MR) is 74.4 cm³/mol. The number of rotatable bonds is 7. The molecular formula is C11H21NO6S2. The zero-order chi connectivity index (χ0) is 15.4. The highest BCUT2D eigenvalue weighted by Gasteiger charge is 2.41. The number of carbonyl (C=O) groups excluding carboxylic acids is 1. The molecule has 0 aromatic heterocycles. The van der Waals surface area contributed by atoms with E-state index in [0.29, 0.717) is 19.3 Å². The van der Waals surface area contributed by atoms with Gasteiger partial charge in [0.15, 0.2) is 0 Å². The molecule has 1 fully saturated rings. The average Bonchev–Trinajstić information content (AvgIpc) is 2.82. The van der Waals surface area contributed by atoms with E-state index in [0.717, 1.165) is 6.26 Å². The standard InChI is InChI=1S/C11H21NO6S2/c1-18-11(13)9-5-3-6-10(9)20(16,17)12-7-4-8-19(2,14)15/h9-10,12H,3-8H2,1-2H3. The molecule has 2 atom stereocenters. The first-order valence-electron chi connectivity index (χ1n) is 6.41. The van der Waals surface area contributed by atoms with Crippen LogP contribution >= 0.6 is 0 Å². The predicted octanol–water partition coefficient (Wildman–Crippen LogP) is -0.318. The van der Waals surface area contributed by atoms with Gasteiger partial charge in [0.25, 0.3) is 0 Å². The Morgan fingerprint density at radius 2 is 1.90 bits per heavy atom. The first-order valence-corrected chi connectivity index (χ1v) is 10.0. The summed E-state index contributed by atoms with van der Waals surface area (Å²) in [5, 5.41) is -0.784. The van der Waals surface area contributed by atoms with Crippen LogP contribution in [-0.4, -0.2) is 53.7 Å². The number of sulfone groups is 1. The maximum Gasteiger partial charge on any atom is 0.310 e. The van der Waals surface area contributed by atoms with Crippen LogP contribution in [0.3, 0.4) is 0 Å². The number of carbonyl (C=O) groups is 1. The summed E-state index contributed by atoms with van der Waals surface area (Å²) in [5.41, 5.74) is 0. The van der Waals surface area contributed by atoms with E-state index in [4.69, 9.17) is 0 Å². The van der Waals surface area contributed by atoms with Crippen molar-refractivity contribution < 1.29 is 26.4 Å². The molecule has 1 rings (SSSR count). The maximum absolute atomic E-state index is 12.1. The van der Waals surface area contributed by atoms with Crippen molar-refractivity contribution in [3.63, 3.8) is 0 Å². The maximum atomic E-state index is 12.1. The normalized spacial score (nSPS) is 23.7. The second-order valence-corrected chi connectivity index (χ2v) is 9.27. The van der Waals surface area contributed by atoms with E-state index in [-0.39, 0.29) is 18.7 Å². The topological polar surface area (TPSA) is 107 Å². The molecule has 1 saturated carbocycles. The molecule has 20 heavy (non-hydrogen) atoms. The van der Waals surface area contributed by atoms with Crippen LogP contribution in [0.5, 0.6) is 0 Å². The zero-order valence-corrected chi connectivity index (χ0v) is 13.3. The van der Waals surface area contributed by atoms with Gasteiger partial charge < -0.3 is 4.74 Å². The van der Waals surface area contributed by atoms with E-state index in [1.54, 1.807) is 0 Å². The summed E-state index contributed by atoms with van der Waals surface area (Å²) < 4.78 is 53.1. The summed E-state index contributed by atoms with van der Waals surface area (Å²) in [6.07, 6.45) is 2.90. The van der Waals surface area contributed by atoms with Crippen molar-refractivity contribution in [1.82, 2.24) is 4.72 Å². The molecule has 118 valence electrons. The van der Waals surface area contributed by atoms with Crippen LogP contribution in [0.2, 0.25) is 0 Å². The van der Waals surface area contributed by atoms with Gasteiger partial charge in [0.2, 0.25) is 10.0 Å². The number of ether oxygens (including phenoxy) is 1. The Bertz CT molecular complexity index is 539. The Hall–Kier alpha value is -0.670. The van der Waals surface area contributed by atoms with Gasteiger partial charge in [0.1, 0.15) is 9.84 Å². The van der Waals surface area contributed by atoms with Gasteiger partial charge in [0.05, 0.1) is 24.0 Å². The fourth-order valence-corrected chi connectivity index (χ4v) is 4.84. The van der Waals surface area contributed by atoms with Gasteiger partial charge in [-0.1, -0.05) is 6.42 Å². The van der Waals surface area contributed by atoms with E-state index in [2.05, 4.69) is 9.46 Å². The first-order chi connectivity index (χ1) is 9.17. The van der Waals surface area contributed by atoms with Gasteiger partial charge in [0, 0.05) is 12.8 Å². The van der Waals surface area contributed by atoms with Gasteiger partial charge in [-0.05, 0) is 19.3 Å². The molecule has 1 aliphatic carbocycles. The molecule has 2 unspecified atom stereocenters. The highest BCUT2D eigenvalue weighted by atomic mass is 32.2. The first kappa shape index (κ1) is 17.4. The Labute approximate surface area is 120 Å². The van der Waals surface area contributed by atoms with E-state index < -0.39 is 37.0 Å². The molecule has 0 aromatic rings. The molecule has 7 nitrogen and oxygen atoms in total. The minimum Gasteiger partial charge on any atom is -0.469 e. The lowest BCUT2D eigenvalue weighted by Gasteiger charge is -2.18. The van der Waals surface area contributed by atoms with Crippen LogP contribution in [0.15, 0.2) is 0 Å². The van der Waals surface area contributed by atoms with Crippen LogP contribution in [0.4, 0.5) is 0 Å². The van der Waals surface area contributed by atoms with Crippen molar-refractivity contribution in [2.75, 3.05) is 25.7 Å². The summed E-state index contributed by atoms with van der Waals surface area (Å²) in [5.74, 6) is -1.21. The lowest BCUT2D eigenvalue weighted by atomic mass is 10.1. The minimum absolute atomic E-state index is 0.0554. The third kappa shape index (κ3) is 5.02. The molecule has 0 aromatic carbocycles. The number of methoxy groups -OCH3 is 1. The van der Waals surface area contributed by atoms with E-state index in [1.807, 2.05) is 0 Å². The van der Waals surface area contributed by atoms with Crippen molar-refractivity contribution in [3.05, 3.63) is 0 Å². The summed E-state index contributed by atoms with van der Waals surface area (Å²) in [6.45, 7) is 0.0554. The molecule has 9 heteroatoms.